The van der Waals surface area contributed by atoms with Crippen molar-refractivity contribution in [2.24, 2.45) is 0 Å². The summed E-state index contributed by atoms with van der Waals surface area (Å²) in [7, 11) is 4.78. The smallest absolute Gasteiger partial charge is 0.257 e. The lowest BCUT2D eigenvalue weighted by Gasteiger charge is -2.08. The van der Waals surface area contributed by atoms with Gasteiger partial charge in [0.2, 0.25) is 0 Å². The van der Waals surface area contributed by atoms with E-state index in [4.69, 9.17) is 14.2 Å². The minimum Gasteiger partial charge on any atom is -0.497 e. The van der Waals surface area contributed by atoms with Gasteiger partial charge in [0.25, 0.3) is 5.91 Å². The van der Waals surface area contributed by atoms with Gasteiger partial charge in [-0.25, -0.2) is 4.98 Å². The monoisotopic (exact) mass is 384 g/mol. The van der Waals surface area contributed by atoms with Gasteiger partial charge in [-0.3, -0.25) is 10.1 Å². The summed E-state index contributed by atoms with van der Waals surface area (Å²) in [6.45, 7) is 1.93. The van der Waals surface area contributed by atoms with Crippen molar-refractivity contribution >= 4 is 22.4 Å². The van der Waals surface area contributed by atoms with E-state index < -0.39 is 0 Å². The summed E-state index contributed by atoms with van der Waals surface area (Å²) < 4.78 is 15.9. The maximum atomic E-state index is 12.5. The van der Waals surface area contributed by atoms with Crippen LogP contribution in [-0.2, 0) is 0 Å². The molecule has 3 rings (SSSR count). The van der Waals surface area contributed by atoms with Gasteiger partial charge in [0.1, 0.15) is 17.2 Å². The van der Waals surface area contributed by atoms with Gasteiger partial charge < -0.3 is 14.2 Å². The molecule has 1 heterocycles. The first kappa shape index (κ1) is 18.7. The number of thiazole rings is 1. The molecule has 0 fully saturated rings. The molecular formula is C20H20N2O4S. The van der Waals surface area contributed by atoms with Crippen molar-refractivity contribution in [2.75, 3.05) is 26.6 Å². The Hall–Kier alpha value is -3.06. The van der Waals surface area contributed by atoms with Crippen LogP contribution in [0.15, 0.2) is 41.8 Å². The van der Waals surface area contributed by atoms with Gasteiger partial charge >= 0.3 is 0 Å². The normalized spacial score (nSPS) is 10.4. The molecule has 27 heavy (non-hydrogen) atoms. The van der Waals surface area contributed by atoms with Crippen molar-refractivity contribution in [3.05, 3.63) is 52.9 Å². The molecule has 6 nitrogen and oxygen atoms in total. The molecule has 1 amide bonds. The van der Waals surface area contributed by atoms with E-state index in [2.05, 4.69) is 10.3 Å². The van der Waals surface area contributed by atoms with Gasteiger partial charge in [-0.15, -0.1) is 11.3 Å². The minimum atomic E-state index is -0.240. The second-order valence-electron chi connectivity index (χ2n) is 5.74. The Morgan fingerprint density at radius 1 is 1.00 bits per heavy atom. The maximum Gasteiger partial charge on any atom is 0.257 e. The predicted octanol–water partition coefficient (Wildman–Crippen LogP) is 4.40. The van der Waals surface area contributed by atoms with E-state index >= 15 is 0 Å². The Kier molecular flexibility index (Phi) is 5.61. The fraction of sp³-hybridized carbons (Fsp3) is 0.200. The van der Waals surface area contributed by atoms with E-state index in [1.54, 1.807) is 39.5 Å². The Balaban J connectivity index is 1.81. The lowest BCUT2D eigenvalue weighted by molar-refractivity contribution is 0.102. The molecule has 3 aromatic rings. The molecule has 140 valence electrons. The number of hydrogen-bond acceptors (Lipinski definition) is 6. The topological polar surface area (TPSA) is 69.7 Å². The zero-order valence-electron chi connectivity index (χ0n) is 15.5. The SMILES string of the molecule is COc1ccc(-c2csc(NC(=O)c3ccc(C)c(OC)c3)n2)c(OC)c1. The number of ether oxygens (including phenoxy) is 3. The summed E-state index contributed by atoms with van der Waals surface area (Å²) in [5, 5.41) is 5.20. The number of nitrogens with one attached hydrogen (secondary N) is 1. The number of hydrogen-bond donors (Lipinski definition) is 1. The number of nitrogens with zero attached hydrogens (tertiary/aromatic N) is 1. The van der Waals surface area contributed by atoms with Crippen LogP contribution < -0.4 is 19.5 Å². The number of carbonyl (C=O) groups excluding carboxylic acids is 1. The Morgan fingerprint density at radius 3 is 2.48 bits per heavy atom. The molecule has 7 heteroatoms. The summed E-state index contributed by atoms with van der Waals surface area (Å²) in [6, 6.07) is 10.8. The summed E-state index contributed by atoms with van der Waals surface area (Å²) in [6.07, 6.45) is 0. The van der Waals surface area contributed by atoms with Crippen LogP contribution in [0.1, 0.15) is 15.9 Å². The van der Waals surface area contributed by atoms with E-state index in [1.807, 2.05) is 30.5 Å². The third-order valence-electron chi connectivity index (χ3n) is 4.08. The largest absolute Gasteiger partial charge is 0.497 e. The molecule has 0 saturated heterocycles. The molecule has 0 bridgehead atoms. The molecule has 0 aliphatic rings. The van der Waals surface area contributed by atoms with Crippen LogP contribution in [0.25, 0.3) is 11.3 Å². The van der Waals surface area contributed by atoms with E-state index in [-0.39, 0.29) is 5.91 Å². The predicted molar refractivity (Wildman–Crippen MR) is 106 cm³/mol. The van der Waals surface area contributed by atoms with Crippen molar-refractivity contribution in [1.29, 1.82) is 0 Å². The average Bonchev–Trinajstić information content (AvgIpc) is 3.15. The first-order valence-corrected chi connectivity index (χ1v) is 9.07. The second kappa shape index (κ2) is 8.09. The van der Waals surface area contributed by atoms with Crippen LogP contribution in [0, 0.1) is 6.92 Å². The number of aromatic nitrogens is 1. The van der Waals surface area contributed by atoms with Gasteiger partial charge in [0, 0.05) is 22.6 Å². The van der Waals surface area contributed by atoms with Crippen LogP contribution in [0.2, 0.25) is 0 Å². The molecule has 0 aliphatic heterocycles. The van der Waals surface area contributed by atoms with E-state index in [0.29, 0.717) is 27.9 Å². The van der Waals surface area contributed by atoms with Crippen molar-refractivity contribution in [2.45, 2.75) is 6.92 Å². The van der Waals surface area contributed by atoms with Crippen LogP contribution in [-0.4, -0.2) is 32.2 Å². The number of methoxy groups -OCH3 is 3. The Morgan fingerprint density at radius 2 is 1.78 bits per heavy atom. The lowest BCUT2D eigenvalue weighted by Crippen LogP contribution is -2.12. The highest BCUT2D eigenvalue weighted by molar-refractivity contribution is 7.14. The zero-order chi connectivity index (χ0) is 19.4. The number of anilines is 1. The highest BCUT2D eigenvalue weighted by atomic mass is 32.1. The molecule has 0 radical (unpaired) electrons. The van der Waals surface area contributed by atoms with Crippen LogP contribution in [0.3, 0.4) is 0 Å². The van der Waals surface area contributed by atoms with Gasteiger partial charge in [0.15, 0.2) is 5.13 Å². The van der Waals surface area contributed by atoms with E-state index in [1.165, 1.54) is 11.3 Å². The maximum absolute atomic E-state index is 12.5. The zero-order valence-corrected chi connectivity index (χ0v) is 16.3. The van der Waals surface area contributed by atoms with Gasteiger partial charge in [0.05, 0.1) is 27.0 Å². The highest BCUT2D eigenvalue weighted by Gasteiger charge is 2.14. The molecule has 0 spiro atoms. The Bertz CT molecular complexity index is 968. The molecule has 1 N–H and O–H groups in total. The summed E-state index contributed by atoms with van der Waals surface area (Å²) in [5.74, 6) is 1.79. The summed E-state index contributed by atoms with van der Waals surface area (Å²) in [4.78, 5) is 17.0. The fourth-order valence-electron chi connectivity index (χ4n) is 2.60. The number of amides is 1. The molecule has 2 aromatic carbocycles. The first-order valence-electron chi connectivity index (χ1n) is 8.19. The Labute approximate surface area is 161 Å². The van der Waals surface area contributed by atoms with Gasteiger partial charge in [-0.1, -0.05) is 6.07 Å². The van der Waals surface area contributed by atoms with Crippen molar-refractivity contribution in [3.63, 3.8) is 0 Å². The quantitative estimate of drug-likeness (QED) is 0.682. The minimum absolute atomic E-state index is 0.240. The van der Waals surface area contributed by atoms with Crippen molar-refractivity contribution in [3.8, 4) is 28.5 Å². The average molecular weight is 384 g/mol. The molecular weight excluding hydrogens is 364 g/mol. The second-order valence-corrected chi connectivity index (χ2v) is 6.60. The fourth-order valence-corrected chi connectivity index (χ4v) is 3.30. The number of rotatable bonds is 6. The highest BCUT2D eigenvalue weighted by Crippen LogP contribution is 2.35. The third-order valence-corrected chi connectivity index (χ3v) is 4.84. The van der Waals surface area contributed by atoms with Crippen LogP contribution >= 0.6 is 11.3 Å². The number of carbonyl (C=O) groups is 1. The molecule has 0 saturated carbocycles. The number of benzene rings is 2. The lowest BCUT2D eigenvalue weighted by atomic mass is 10.1. The first-order chi connectivity index (χ1) is 13.0. The molecule has 0 aliphatic carbocycles. The van der Waals surface area contributed by atoms with E-state index in [0.717, 1.165) is 16.8 Å². The van der Waals surface area contributed by atoms with Crippen LogP contribution in [0.5, 0.6) is 17.2 Å². The van der Waals surface area contributed by atoms with Crippen molar-refractivity contribution < 1.29 is 19.0 Å². The molecule has 1 aromatic heterocycles. The van der Waals surface area contributed by atoms with Crippen LogP contribution in [0.4, 0.5) is 5.13 Å². The van der Waals surface area contributed by atoms with E-state index in [9.17, 15) is 4.79 Å². The summed E-state index contributed by atoms with van der Waals surface area (Å²) >= 11 is 1.35. The number of aryl methyl sites for hydroxylation is 1. The third kappa shape index (κ3) is 4.03. The summed E-state index contributed by atoms with van der Waals surface area (Å²) in [5.41, 5.74) is 3.02. The molecule has 0 atom stereocenters. The standard InChI is InChI=1S/C20H20N2O4S/c1-12-5-6-13(9-17(12)25-3)19(23)22-20-21-16(11-27-20)15-8-7-14(24-2)10-18(15)26-4/h5-11H,1-4H3,(H,21,22,23). The van der Waals surface area contributed by atoms with Gasteiger partial charge in [-0.05, 0) is 36.8 Å². The van der Waals surface area contributed by atoms with Gasteiger partial charge in [-0.2, -0.15) is 0 Å². The van der Waals surface area contributed by atoms with Crippen molar-refractivity contribution in [1.82, 2.24) is 4.98 Å². The molecule has 0 unspecified atom stereocenters.